The van der Waals surface area contributed by atoms with Crippen molar-refractivity contribution < 1.29 is 22.7 Å². The third kappa shape index (κ3) is 3.13. The molecule has 0 spiro atoms. The van der Waals surface area contributed by atoms with Crippen molar-refractivity contribution >= 4 is 5.97 Å². The topological polar surface area (TPSA) is 72.8 Å². The molecule has 2 aromatic heterocycles. The van der Waals surface area contributed by atoms with Crippen LogP contribution in [0, 0.1) is 25.2 Å². The molecule has 9 heteroatoms. The highest BCUT2D eigenvalue weighted by molar-refractivity contribution is 5.88. The Morgan fingerprint density at radius 3 is 2.42 bits per heavy atom. The zero-order valence-corrected chi connectivity index (χ0v) is 13.5. The van der Waals surface area contributed by atoms with Crippen LogP contribution in [-0.2, 0) is 18.8 Å². The molecule has 128 valence electrons. The number of esters is 1. The molecule has 2 rings (SSSR count). The summed E-state index contributed by atoms with van der Waals surface area (Å²) in [4.78, 5) is 12.2. The number of ether oxygens (including phenoxy) is 1. The van der Waals surface area contributed by atoms with Gasteiger partial charge < -0.3 is 9.30 Å². The van der Waals surface area contributed by atoms with E-state index in [9.17, 15) is 18.0 Å². The second-order valence-electron chi connectivity index (χ2n) is 5.37. The summed E-state index contributed by atoms with van der Waals surface area (Å²) in [5.41, 5.74) is 0.219. The van der Waals surface area contributed by atoms with Crippen LogP contribution in [0.5, 0.6) is 0 Å². The maximum Gasteiger partial charge on any atom is 0.430 e. The summed E-state index contributed by atoms with van der Waals surface area (Å²) >= 11 is 0. The van der Waals surface area contributed by atoms with E-state index in [-0.39, 0.29) is 28.2 Å². The second-order valence-corrected chi connectivity index (χ2v) is 5.37. The number of rotatable bonds is 3. The Morgan fingerprint density at radius 1 is 1.38 bits per heavy atom. The highest BCUT2D eigenvalue weighted by atomic mass is 19.4. The number of nitrogens with zero attached hydrogens (tertiary/aromatic N) is 4. The van der Waals surface area contributed by atoms with Gasteiger partial charge in [-0.2, -0.15) is 23.5 Å². The molecular formula is C15H15F3N4O2. The fraction of sp³-hybridized carbons (Fsp3) is 0.400. The van der Waals surface area contributed by atoms with Crippen LogP contribution in [0.15, 0.2) is 12.3 Å². The number of alkyl halides is 3. The van der Waals surface area contributed by atoms with E-state index >= 15 is 0 Å². The zero-order chi connectivity index (χ0) is 18.2. The first kappa shape index (κ1) is 17.6. The SMILES string of the molecule is Cc1nn(C)c(C)c1[C@@H](OC(=O)c1cc(C#N)cn1C)C(F)(F)F. The number of aryl methyl sites for hydroxylation is 3. The molecule has 0 unspecified atom stereocenters. The summed E-state index contributed by atoms with van der Waals surface area (Å²) < 4.78 is 47.6. The number of hydrogen-bond acceptors (Lipinski definition) is 4. The van der Waals surface area contributed by atoms with Crippen LogP contribution in [0.3, 0.4) is 0 Å². The molecule has 0 saturated heterocycles. The van der Waals surface area contributed by atoms with Crippen LogP contribution in [0.25, 0.3) is 0 Å². The van der Waals surface area contributed by atoms with Gasteiger partial charge in [0.2, 0.25) is 6.10 Å². The van der Waals surface area contributed by atoms with E-state index in [1.807, 2.05) is 6.07 Å². The lowest BCUT2D eigenvalue weighted by Crippen LogP contribution is -2.28. The molecule has 0 aliphatic heterocycles. The monoisotopic (exact) mass is 340 g/mol. The maximum atomic E-state index is 13.4. The highest BCUT2D eigenvalue weighted by Crippen LogP contribution is 2.39. The van der Waals surface area contributed by atoms with Crippen molar-refractivity contribution in [1.82, 2.24) is 14.3 Å². The summed E-state index contributed by atoms with van der Waals surface area (Å²) in [6.45, 7) is 2.89. The summed E-state index contributed by atoms with van der Waals surface area (Å²) in [7, 11) is 2.96. The molecular weight excluding hydrogens is 325 g/mol. The van der Waals surface area contributed by atoms with Crippen molar-refractivity contribution in [3.63, 3.8) is 0 Å². The molecule has 0 aliphatic carbocycles. The maximum absolute atomic E-state index is 13.4. The van der Waals surface area contributed by atoms with E-state index in [4.69, 9.17) is 10.00 Å². The number of aromatic nitrogens is 3. The van der Waals surface area contributed by atoms with Crippen LogP contribution in [0.1, 0.15) is 39.1 Å². The summed E-state index contributed by atoms with van der Waals surface area (Å²) in [6, 6.07) is 2.99. The summed E-state index contributed by atoms with van der Waals surface area (Å²) in [6.07, 6.45) is -5.89. The van der Waals surface area contributed by atoms with E-state index < -0.39 is 18.2 Å². The molecule has 0 fully saturated rings. The van der Waals surface area contributed by atoms with Crippen LogP contribution >= 0.6 is 0 Å². The minimum Gasteiger partial charge on any atom is -0.443 e. The molecule has 0 N–H and O–H groups in total. The fourth-order valence-electron chi connectivity index (χ4n) is 2.45. The van der Waals surface area contributed by atoms with E-state index in [1.165, 1.54) is 49.5 Å². The first-order chi connectivity index (χ1) is 11.1. The summed E-state index contributed by atoms with van der Waals surface area (Å²) in [5, 5.41) is 12.8. The molecule has 0 aliphatic rings. The molecule has 0 radical (unpaired) electrons. The van der Waals surface area contributed by atoms with Gasteiger partial charge >= 0.3 is 12.1 Å². The van der Waals surface area contributed by atoms with Crippen molar-refractivity contribution in [2.45, 2.75) is 26.1 Å². The van der Waals surface area contributed by atoms with Gasteiger partial charge in [-0.15, -0.1) is 0 Å². The average molecular weight is 340 g/mol. The normalized spacial score (nSPS) is 12.8. The number of carbonyl (C=O) groups is 1. The lowest BCUT2D eigenvalue weighted by Gasteiger charge is -2.21. The van der Waals surface area contributed by atoms with E-state index in [2.05, 4.69) is 5.10 Å². The average Bonchev–Trinajstić information content (AvgIpc) is 2.96. The van der Waals surface area contributed by atoms with E-state index in [0.29, 0.717) is 0 Å². The Kier molecular flexibility index (Phi) is 4.42. The smallest absolute Gasteiger partial charge is 0.430 e. The minimum absolute atomic E-state index is 0.134. The molecule has 2 heterocycles. The number of hydrogen-bond donors (Lipinski definition) is 0. The lowest BCUT2D eigenvalue weighted by atomic mass is 10.1. The van der Waals surface area contributed by atoms with Crippen molar-refractivity contribution in [2.75, 3.05) is 0 Å². The van der Waals surface area contributed by atoms with Gasteiger partial charge in [0.05, 0.1) is 11.3 Å². The number of halogens is 3. The number of nitriles is 1. The van der Waals surface area contributed by atoms with Crippen molar-refractivity contribution in [3.05, 3.63) is 40.5 Å². The Labute approximate surface area is 136 Å². The van der Waals surface area contributed by atoms with Gasteiger partial charge in [-0.3, -0.25) is 4.68 Å². The van der Waals surface area contributed by atoms with E-state index in [1.54, 1.807) is 0 Å². The summed E-state index contributed by atoms with van der Waals surface area (Å²) in [5.74, 6) is -1.16. The lowest BCUT2D eigenvalue weighted by molar-refractivity contribution is -0.207. The molecule has 2 aromatic rings. The molecule has 0 bridgehead atoms. The third-order valence-electron chi connectivity index (χ3n) is 3.69. The molecule has 0 aromatic carbocycles. The Balaban J connectivity index is 2.42. The first-order valence-corrected chi connectivity index (χ1v) is 6.90. The Hall–Kier alpha value is -2.76. The number of carbonyl (C=O) groups excluding carboxylic acids is 1. The zero-order valence-electron chi connectivity index (χ0n) is 13.5. The highest BCUT2D eigenvalue weighted by Gasteiger charge is 2.47. The molecule has 1 atom stereocenters. The quantitative estimate of drug-likeness (QED) is 0.806. The van der Waals surface area contributed by atoms with Gasteiger partial charge in [0.1, 0.15) is 11.8 Å². The predicted octanol–water partition coefficient (Wildman–Crippen LogP) is 2.71. The van der Waals surface area contributed by atoms with Gasteiger partial charge in [0.25, 0.3) is 0 Å². The molecule has 0 amide bonds. The van der Waals surface area contributed by atoms with Crippen molar-refractivity contribution in [3.8, 4) is 6.07 Å². The first-order valence-electron chi connectivity index (χ1n) is 6.90. The molecule has 0 saturated carbocycles. The van der Waals surface area contributed by atoms with Gasteiger partial charge in [-0.05, 0) is 19.9 Å². The standard InChI is InChI=1S/C15H15F3N4O2/c1-8-12(9(2)22(4)20-8)13(15(16,17)18)24-14(23)11-5-10(6-19)7-21(11)3/h5,7,13H,1-4H3/t13-/m1/s1. The van der Waals surface area contributed by atoms with Crippen LogP contribution in [-0.4, -0.2) is 26.5 Å². The molecule has 24 heavy (non-hydrogen) atoms. The van der Waals surface area contributed by atoms with Crippen LogP contribution in [0.4, 0.5) is 13.2 Å². The van der Waals surface area contributed by atoms with Crippen LogP contribution in [0.2, 0.25) is 0 Å². The van der Waals surface area contributed by atoms with Gasteiger partial charge in [-0.1, -0.05) is 0 Å². The minimum atomic E-state index is -4.79. The third-order valence-corrected chi connectivity index (χ3v) is 3.69. The van der Waals surface area contributed by atoms with Gasteiger partial charge in [0.15, 0.2) is 0 Å². The Morgan fingerprint density at radius 2 is 2.00 bits per heavy atom. The van der Waals surface area contributed by atoms with E-state index in [0.717, 1.165) is 0 Å². The van der Waals surface area contributed by atoms with Crippen molar-refractivity contribution in [2.24, 2.45) is 14.1 Å². The van der Waals surface area contributed by atoms with Crippen molar-refractivity contribution in [1.29, 1.82) is 5.26 Å². The van der Waals surface area contributed by atoms with Gasteiger partial charge in [0, 0.05) is 31.5 Å². The van der Waals surface area contributed by atoms with Gasteiger partial charge in [-0.25, -0.2) is 4.79 Å². The predicted molar refractivity (Wildman–Crippen MR) is 77.0 cm³/mol. The molecule has 6 nitrogen and oxygen atoms in total. The Bertz CT molecular complexity index is 827. The van der Waals surface area contributed by atoms with Crippen LogP contribution < -0.4 is 0 Å². The second kappa shape index (κ2) is 6.03. The largest absolute Gasteiger partial charge is 0.443 e. The fourth-order valence-corrected chi connectivity index (χ4v) is 2.45.